The van der Waals surface area contributed by atoms with Gasteiger partial charge in [-0.2, -0.15) is 0 Å². The number of rotatable bonds is 2. The largest absolute Gasteiger partial charge is 0.474 e. The third-order valence-corrected chi connectivity index (χ3v) is 3.35. The Morgan fingerprint density at radius 3 is 2.56 bits per heavy atom. The van der Waals surface area contributed by atoms with Crippen molar-refractivity contribution in [2.45, 2.75) is 45.6 Å². The molecule has 2 N–H and O–H groups in total. The van der Waals surface area contributed by atoms with Crippen molar-refractivity contribution >= 4 is 5.69 Å². The lowest BCUT2D eigenvalue weighted by Gasteiger charge is -2.26. The van der Waals surface area contributed by atoms with Gasteiger partial charge in [-0.15, -0.1) is 0 Å². The molecule has 0 saturated heterocycles. The molecule has 0 bridgehead atoms. The number of nitrogens with two attached hydrogens (primary N) is 1. The van der Waals surface area contributed by atoms with Gasteiger partial charge in [0.15, 0.2) is 0 Å². The zero-order valence-electron chi connectivity index (χ0n) is 10.1. The lowest BCUT2D eigenvalue weighted by molar-refractivity contribution is 0.130. The number of hydrogen-bond donors (Lipinski definition) is 1. The van der Waals surface area contributed by atoms with Crippen LogP contribution in [-0.2, 0) is 0 Å². The molecule has 0 radical (unpaired) electrons. The lowest BCUT2D eigenvalue weighted by atomic mass is 9.89. The molecule has 0 atom stereocenters. The van der Waals surface area contributed by atoms with E-state index in [1.807, 2.05) is 19.1 Å². The summed E-state index contributed by atoms with van der Waals surface area (Å²) in [6.45, 7) is 4.22. The summed E-state index contributed by atoms with van der Waals surface area (Å²) in [5.74, 6) is 1.56. The van der Waals surface area contributed by atoms with Crippen molar-refractivity contribution in [2.24, 2.45) is 5.92 Å². The van der Waals surface area contributed by atoms with Crippen molar-refractivity contribution in [2.75, 3.05) is 5.73 Å². The second-order valence-corrected chi connectivity index (χ2v) is 4.82. The first kappa shape index (κ1) is 11.2. The molecule has 0 aliphatic heterocycles. The highest BCUT2D eigenvalue weighted by Crippen LogP contribution is 2.26. The lowest BCUT2D eigenvalue weighted by Crippen LogP contribution is -2.23. The number of nitrogen functional groups attached to an aromatic ring is 1. The maximum atomic E-state index is 5.87. The molecule has 0 spiro atoms. The highest BCUT2D eigenvalue weighted by Gasteiger charge is 2.19. The van der Waals surface area contributed by atoms with Gasteiger partial charge >= 0.3 is 0 Å². The van der Waals surface area contributed by atoms with Crippen LogP contribution in [0.25, 0.3) is 0 Å². The summed E-state index contributed by atoms with van der Waals surface area (Å²) >= 11 is 0. The quantitative estimate of drug-likeness (QED) is 0.833. The maximum Gasteiger partial charge on any atom is 0.213 e. The predicted molar refractivity (Wildman–Crippen MR) is 65.4 cm³/mol. The molecule has 0 amide bonds. The zero-order valence-corrected chi connectivity index (χ0v) is 10.1. The number of hydrogen-bond acceptors (Lipinski definition) is 3. The minimum Gasteiger partial charge on any atom is -0.474 e. The first-order chi connectivity index (χ1) is 7.65. The van der Waals surface area contributed by atoms with Crippen molar-refractivity contribution in [1.82, 2.24) is 4.98 Å². The second-order valence-electron chi connectivity index (χ2n) is 4.82. The van der Waals surface area contributed by atoms with Crippen LogP contribution in [0.1, 0.15) is 38.3 Å². The van der Waals surface area contributed by atoms with Crippen molar-refractivity contribution < 1.29 is 4.74 Å². The highest BCUT2D eigenvalue weighted by molar-refractivity contribution is 5.43. The molecule has 0 aromatic carbocycles. The van der Waals surface area contributed by atoms with Crippen LogP contribution in [0, 0.1) is 12.8 Å². The molecule has 1 fully saturated rings. The molecule has 88 valence electrons. The number of pyridine rings is 1. The van der Waals surface area contributed by atoms with Crippen molar-refractivity contribution in [1.29, 1.82) is 0 Å². The summed E-state index contributed by atoms with van der Waals surface area (Å²) in [7, 11) is 0. The van der Waals surface area contributed by atoms with E-state index in [0.29, 0.717) is 12.0 Å². The zero-order chi connectivity index (χ0) is 11.5. The van der Waals surface area contributed by atoms with E-state index in [4.69, 9.17) is 10.5 Å². The molecule has 16 heavy (non-hydrogen) atoms. The standard InChI is InChI=1S/C13H20N2O/c1-9-3-5-11(6-4-9)16-13-8-7-12(14)10(2)15-13/h7-9,11H,3-6,14H2,1-2H3. The molecular weight excluding hydrogens is 200 g/mol. The van der Waals surface area contributed by atoms with Gasteiger partial charge in [0, 0.05) is 6.07 Å². The molecule has 1 heterocycles. The van der Waals surface area contributed by atoms with Crippen LogP contribution in [0.2, 0.25) is 0 Å². The molecule has 1 aromatic rings. The van der Waals surface area contributed by atoms with Crippen LogP contribution in [0.5, 0.6) is 5.88 Å². The Kier molecular flexibility index (Phi) is 3.32. The van der Waals surface area contributed by atoms with Crippen LogP contribution in [0.4, 0.5) is 5.69 Å². The van der Waals surface area contributed by atoms with E-state index >= 15 is 0 Å². The van der Waals surface area contributed by atoms with E-state index in [1.165, 1.54) is 12.8 Å². The third kappa shape index (κ3) is 2.65. The Labute approximate surface area is 97.0 Å². The average molecular weight is 220 g/mol. The molecule has 1 saturated carbocycles. The van der Waals surface area contributed by atoms with E-state index < -0.39 is 0 Å². The first-order valence-electron chi connectivity index (χ1n) is 6.05. The number of aromatic nitrogens is 1. The topological polar surface area (TPSA) is 48.1 Å². The number of aryl methyl sites for hydroxylation is 1. The van der Waals surface area contributed by atoms with E-state index in [9.17, 15) is 0 Å². The van der Waals surface area contributed by atoms with E-state index in [0.717, 1.165) is 30.1 Å². The highest BCUT2D eigenvalue weighted by atomic mass is 16.5. The van der Waals surface area contributed by atoms with Crippen LogP contribution < -0.4 is 10.5 Å². The summed E-state index contributed by atoms with van der Waals surface area (Å²) in [6.07, 6.45) is 5.15. The van der Waals surface area contributed by atoms with Crippen molar-refractivity contribution in [3.05, 3.63) is 17.8 Å². The van der Waals surface area contributed by atoms with Gasteiger partial charge in [0.25, 0.3) is 0 Å². The van der Waals surface area contributed by atoms with E-state index in [2.05, 4.69) is 11.9 Å². The van der Waals surface area contributed by atoms with Gasteiger partial charge in [-0.25, -0.2) is 4.98 Å². The molecule has 3 heteroatoms. The Morgan fingerprint density at radius 2 is 1.94 bits per heavy atom. The normalized spacial score (nSPS) is 25.4. The SMILES string of the molecule is Cc1nc(OC2CCC(C)CC2)ccc1N. The van der Waals surface area contributed by atoms with Gasteiger partial charge < -0.3 is 10.5 Å². The Bertz CT molecular complexity index is 357. The molecule has 2 rings (SSSR count). The summed E-state index contributed by atoms with van der Waals surface area (Å²) in [5, 5.41) is 0. The van der Waals surface area contributed by atoms with Crippen molar-refractivity contribution in [3.8, 4) is 5.88 Å². The summed E-state index contributed by atoms with van der Waals surface area (Å²) in [6, 6.07) is 3.73. The molecule has 3 nitrogen and oxygen atoms in total. The summed E-state index contributed by atoms with van der Waals surface area (Å²) < 4.78 is 5.87. The Morgan fingerprint density at radius 1 is 1.25 bits per heavy atom. The van der Waals surface area contributed by atoms with E-state index in [-0.39, 0.29) is 0 Å². The summed E-state index contributed by atoms with van der Waals surface area (Å²) in [5.41, 5.74) is 7.30. The van der Waals surface area contributed by atoms with Crippen LogP contribution in [-0.4, -0.2) is 11.1 Å². The second kappa shape index (κ2) is 4.73. The fourth-order valence-corrected chi connectivity index (χ4v) is 2.13. The number of nitrogens with zero attached hydrogens (tertiary/aromatic N) is 1. The molecular formula is C13H20N2O. The smallest absolute Gasteiger partial charge is 0.213 e. The minimum atomic E-state index is 0.340. The van der Waals surface area contributed by atoms with Gasteiger partial charge in [0.1, 0.15) is 6.10 Å². The molecule has 0 unspecified atom stereocenters. The Hall–Kier alpha value is -1.25. The van der Waals surface area contributed by atoms with Crippen LogP contribution >= 0.6 is 0 Å². The predicted octanol–water partition coefficient (Wildman–Crippen LogP) is 2.93. The number of anilines is 1. The van der Waals surface area contributed by atoms with Crippen molar-refractivity contribution in [3.63, 3.8) is 0 Å². The third-order valence-electron chi connectivity index (χ3n) is 3.35. The molecule has 1 aromatic heterocycles. The average Bonchev–Trinajstić information content (AvgIpc) is 2.27. The summed E-state index contributed by atoms with van der Waals surface area (Å²) in [4.78, 5) is 4.34. The minimum absolute atomic E-state index is 0.340. The van der Waals surface area contributed by atoms with Gasteiger partial charge in [-0.05, 0) is 44.6 Å². The van der Waals surface area contributed by atoms with Gasteiger partial charge in [0.05, 0.1) is 11.4 Å². The maximum absolute atomic E-state index is 5.87. The first-order valence-corrected chi connectivity index (χ1v) is 6.05. The van der Waals surface area contributed by atoms with Crippen LogP contribution in [0.15, 0.2) is 12.1 Å². The van der Waals surface area contributed by atoms with Crippen LogP contribution in [0.3, 0.4) is 0 Å². The Balaban J connectivity index is 1.96. The fraction of sp³-hybridized carbons (Fsp3) is 0.615. The van der Waals surface area contributed by atoms with Gasteiger partial charge in [0.2, 0.25) is 5.88 Å². The number of ether oxygens (including phenoxy) is 1. The fourth-order valence-electron chi connectivity index (χ4n) is 2.13. The molecule has 1 aliphatic rings. The monoisotopic (exact) mass is 220 g/mol. The molecule has 1 aliphatic carbocycles. The van der Waals surface area contributed by atoms with E-state index in [1.54, 1.807) is 0 Å². The van der Waals surface area contributed by atoms with Gasteiger partial charge in [-0.3, -0.25) is 0 Å². The van der Waals surface area contributed by atoms with Gasteiger partial charge in [-0.1, -0.05) is 6.92 Å².